The third-order valence-electron chi connectivity index (χ3n) is 4.75. The second-order valence-electron chi connectivity index (χ2n) is 8.52. The summed E-state index contributed by atoms with van der Waals surface area (Å²) in [7, 11) is 0. The molecule has 1 aliphatic heterocycles. The number of aromatic nitrogens is 1. The van der Waals surface area contributed by atoms with Gasteiger partial charge in [-0.05, 0) is 52.1 Å². The summed E-state index contributed by atoms with van der Waals surface area (Å²) in [5.41, 5.74) is 7.75. The number of nitrogens with zero attached hydrogens (tertiary/aromatic N) is 6. The van der Waals surface area contributed by atoms with Crippen LogP contribution in [-0.4, -0.2) is 60.4 Å². The van der Waals surface area contributed by atoms with Crippen molar-refractivity contribution in [2.45, 2.75) is 65.0 Å². The van der Waals surface area contributed by atoms with Crippen LogP contribution < -0.4 is 9.64 Å². The van der Waals surface area contributed by atoms with E-state index in [1.54, 1.807) is 4.90 Å². The normalized spacial score (nSPS) is 16.7. The summed E-state index contributed by atoms with van der Waals surface area (Å²) >= 11 is 0. The Labute approximate surface area is 179 Å². The Morgan fingerprint density at radius 2 is 2.03 bits per heavy atom. The van der Waals surface area contributed by atoms with Crippen molar-refractivity contribution in [2.75, 3.05) is 37.7 Å². The van der Waals surface area contributed by atoms with Crippen molar-refractivity contribution in [3.8, 4) is 5.88 Å². The minimum absolute atomic E-state index is 0.0327. The van der Waals surface area contributed by atoms with Crippen molar-refractivity contribution in [2.24, 2.45) is 5.11 Å². The molecule has 9 heteroatoms. The number of ether oxygens (including phenoxy) is 2. The number of unbranched alkanes of at least 4 members (excludes halogenated alkanes) is 3. The maximum atomic E-state index is 12.4. The lowest BCUT2D eigenvalue weighted by molar-refractivity contribution is 0.0158. The van der Waals surface area contributed by atoms with E-state index in [0.29, 0.717) is 38.7 Å². The van der Waals surface area contributed by atoms with Crippen molar-refractivity contribution >= 4 is 11.9 Å². The molecule has 1 fully saturated rings. The molecule has 1 amide bonds. The molecule has 9 nitrogen and oxygen atoms in total. The molecule has 0 bridgehead atoms. The molecule has 0 spiro atoms. The first-order valence-electron chi connectivity index (χ1n) is 10.7. The van der Waals surface area contributed by atoms with Gasteiger partial charge in [0.15, 0.2) is 0 Å². The van der Waals surface area contributed by atoms with Gasteiger partial charge >= 0.3 is 6.09 Å². The number of pyridine rings is 1. The number of carbonyl (C=O) groups excluding carboxylic acids is 1. The molecule has 2 heterocycles. The zero-order valence-electron chi connectivity index (χ0n) is 18.6. The molecule has 0 N–H and O–H groups in total. The van der Waals surface area contributed by atoms with Gasteiger partial charge in [-0.3, -0.25) is 0 Å². The van der Waals surface area contributed by atoms with Crippen molar-refractivity contribution in [1.29, 1.82) is 0 Å². The predicted octanol–water partition coefficient (Wildman–Crippen LogP) is 4.78. The SMILES string of the molecule is C[C@@H]1CN(c2cccc(OCCCCCCN=[N+]=[N-])n2)CCN1C(=O)OC(C)(C)C. The highest BCUT2D eigenvalue weighted by atomic mass is 16.6. The van der Waals surface area contributed by atoms with E-state index < -0.39 is 5.60 Å². The molecule has 1 saturated heterocycles. The standard InChI is InChI=1S/C21H34N6O3/c1-17-16-26(13-14-27(17)20(28)30-21(2,3)4)18-10-9-11-19(24-18)29-15-8-6-5-7-12-23-25-22/h9-11,17H,5-8,12-16H2,1-4H3/t17-/m1/s1. The van der Waals surface area contributed by atoms with Gasteiger partial charge in [-0.2, -0.15) is 4.98 Å². The molecule has 1 aliphatic rings. The summed E-state index contributed by atoms with van der Waals surface area (Å²) in [6, 6.07) is 5.82. The fourth-order valence-corrected chi connectivity index (χ4v) is 3.28. The Morgan fingerprint density at radius 3 is 2.73 bits per heavy atom. The van der Waals surface area contributed by atoms with Crippen LogP contribution in [-0.2, 0) is 4.74 Å². The molecule has 0 aromatic carbocycles. The van der Waals surface area contributed by atoms with Crippen molar-refractivity contribution < 1.29 is 14.3 Å². The third kappa shape index (κ3) is 7.99. The summed E-state index contributed by atoms with van der Waals surface area (Å²) in [6.07, 6.45) is 3.64. The van der Waals surface area contributed by atoms with Crippen LogP contribution in [0.5, 0.6) is 5.88 Å². The summed E-state index contributed by atoms with van der Waals surface area (Å²) in [6.45, 7) is 10.8. The number of hydrogen-bond acceptors (Lipinski definition) is 6. The first-order valence-corrected chi connectivity index (χ1v) is 10.7. The molecule has 30 heavy (non-hydrogen) atoms. The number of hydrogen-bond donors (Lipinski definition) is 0. The Balaban J connectivity index is 1.79. The molecule has 1 aromatic rings. The number of piperazine rings is 1. The number of rotatable bonds is 9. The van der Waals surface area contributed by atoms with E-state index in [4.69, 9.17) is 15.0 Å². The molecular formula is C21H34N6O3. The van der Waals surface area contributed by atoms with Gasteiger partial charge in [0.25, 0.3) is 0 Å². The van der Waals surface area contributed by atoms with Gasteiger partial charge in [-0.15, -0.1) is 0 Å². The molecule has 0 saturated carbocycles. The Morgan fingerprint density at radius 1 is 1.27 bits per heavy atom. The lowest BCUT2D eigenvalue weighted by Crippen LogP contribution is -2.55. The van der Waals surface area contributed by atoms with Crippen LogP contribution in [0.3, 0.4) is 0 Å². The summed E-state index contributed by atoms with van der Waals surface area (Å²) in [4.78, 5) is 23.7. The number of carbonyl (C=O) groups is 1. The largest absolute Gasteiger partial charge is 0.478 e. The van der Waals surface area contributed by atoms with Gasteiger partial charge < -0.3 is 19.3 Å². The number of anilines is 1. The second-order valence-corrected chi connectivity index (χ2v) is 8.52. The van der Waals surface area contributed by atoms with E-state index in [9.17, 15) is 4.79 Å². The summed E-state index contributed by atoms with van der Waals surface area (Å²) in [5, 5.41) is 3.53. The predicted molar refractivity (Wildman–Crippen MR) is 117 cm³/mol. The second kappa shape index (κ2) is 11.5. The molecular weight excluding hydrogens is 384 g/mol. The quantitative estimate of drug-likeness (QED) is 0.248. The fourth-order valence-electron chi connectivity index (χ4n) is 3.28. The van der Waals surface area contributed by atoms with Gasteiger partial charge in [0.05, 0.1) is 6.61 Å². The molecule has 0 radical (unpaired) electrons. The van der Waals surface area contributed by atoms with Crippen molar-refractivity contribution in [3.63, 3.8) is 0 Å². The van der Waals surface area contributed by atoms with E-state index >= 15 is 0 Å². The van der Waals surface area contributed by atoms with Gasteiger partial charge in [-0.1, -0.05) is 24.0 Å². The first kappa shape index (κ1) is 23.6. The molecule has 166 valence electrons. The lowest BCUT2D eigenvalue weighted by Gasteiger charge is -2.40. The monoisotopic (exact) mass is 418 g/mol. The molecule has 1 atom stereocenters. The lowest BCUT2D eigenvalue weighted by atomic mass is 10.2. The van der Waals surface area contributed by atoms with Gasteiger partial charge in [0, 0.05) is 43.2 Å². The minimum Gasteiger partial charge on any atom is -0.478 e. The average molecular weight is 419 g/mol. The highest BCUT2D eigenvalue weighted by molar-refractivity contribution is 5.69. The minimum atomic E-state index is -0.494. The maximum Gasteiger partial charge on any atom is 0.410 e. The average Bonchev–Trinajstić information content (AvgIpc) is 2.68. The van der Waals surface area contributed by atoms with E-state index in [0.717, 1.165) is 31.5 Å². The van der Waals surface area contributed by atoms with Crippen LogP contribution >= 0.6 is 0 Å². The summed E-state index contributed by atoms with van der Waals surface area (Å²) in [5.74, 6) is 1.47. The van der Waals surface area contributed by atoms with E-state index in [2.05, 4.69) is 19.9 Å². The van der Waals surface area contributed by atoms with Gasteiger partial charge in [0.1, 0.15) is 11.4 Å². The molecule has 1 aromatic heterocycles. The third-order valence-corrected chi connectivity index (χ3v) is 4.75. The van der Waals surface area contributed by atoms with E-state index in [1.165, 1.54) is 0 Å². The van der Waals surface area contributed by atoms with Gasteiger partial charge in [0.2, 0.25) is 5.88 Å². The fraction of sp³-hybridized carbons (Fsp3) is 0.714. The van der Waals surface area contributed by atoms with E-state index in [1.807, 2.05) is 45.9 Å². The number of azide groups is 1. The first-order chi connectivity index (χ1) is 14.3. The molecule has 0 aliphatic carbocycles. The van der Waals surface area contributed by atoms with Crippen LogP contribution in [0.15, 0.2) is 23.3 Å². The highest BCUT2D eigenvalue weighted by Crippen LogP contribution is 2.21. The Hall–Kier alpha value is -2.67. The van der Waals surface area contributed by atoms with Gasteiger partial charge in [-0.25, -0.2) is 4.79 Å². The van der Waals surface area contributed by atoms with Crippen LogP contribution in [0.25, 0.3) is 10.4 Å². The molecule has 2 rings (SSSR count). The summed E-state index contributed by atoms with van der Waals surface area (Å²) < 4.78 is 11.3. The van der Waals surface area contributed by atoms with Crippen molar-refractivity contribution in [3.05, 3.63) is 28.6 Å². The van der Waals surface area contributed by atoms with Crippen LogP contribution in [0.1, 0.15) is 53.4 Å². The van der Waals surface area contributed by atoms with Crippen LogP contribution in [0.4, 0.5) is 10.6 Å². The maximum absolute atomic E-state index is 12.4. The van der Waals surface area contributed by atoms with E-state index in [-0.39, 0.29) is 12.1 Å². The highest BCUT2D eigenvalue weighted by Gasteiger charge is 2.31. The smallest absolute Gasteiger partial charge is 0.410 e. The Bertz CT molecular complexity index is 730. The van der Waals surface area contributed by atoms with Crippen molar-refractivity contribution in [1.82, 2.24) is 9.88 Å². The van der Waals surface area contributed by atoms with Crippen LogP contribution in [0, 0.1) is 0 Å². The number of amides is 1. The zero-order valence-corrected chi connectivity index (χ0v) is 18.6. The zero-order chi connectivity index (χ0) is 22.0. The topological polar surface area (TPSA) is 104 Å². The molecule has 0 unspecified atom stereocenters. The van der Waals surface area contributed by atoms with Crippen LogP contribution in [0.2, 0.25) is 0 Å². The Kier molecular flexibility index (Phi) is 9.05.